The molecule has 0 aliphatic rings. The van der Waals surface area contributed by atoms with Crippen LogP contribution in [0, 0.1) is 0 Å². The molecule has 1 atom stereocenters. The predicted molar refractivity (Wildman–Crippen MR) is 156 cm³/mol. The highest BCUT2D eigenvalue weighted by molar-refractivity contribution is 7.92. The molecule has 0 spiro atoms. The second-order valence-corrected chi connectivity index (χ2v) is 11.2. The number of hydrogen-bond donors (Lipinski definition) is 1. The van der Waals surface area contributed by atoms with Crippen molar-refractivity contribution in [1.82, 2.24) is 10.2 Å². The zero-order valence-corrected chi connectivity index (χ0v) is 24.2. The van der Waals surface area contributed by atoms with Gasteiger partial charge in [-0.2, -0.15) is 0 Å². The molecule has 3 aromatic carbocycles. The summed E-state index contributed by atoms with van der Waals surface area (Å²) < 4.78 is 37.9. The Hall–Kier alpha value is -4.05. The van der Waals surface area contributed by atoms with Gasteiger partial charge in [-0.25, -0.2) is 8.42 Å². The van der Waals surface area contributed by atoms with Crippen LogP contribution in [-0.4, -0.2) is 57.6 Å². The lowest BCUT2D eigenvalue weighted by Crippen LogP contribution is -2.52. The highest BCUT2D eigenvalue weighted by Crippen LogP contribution is 2.26. The van der Waals surface area contributed by atoms with Crippen molar-refractivity contribution in [2.45, 2.75) is 39.3 Å². The summed E-state index contributed by atoms with van der Waals surface area (Å²) in [7, 11) is -2.29. The Balaban J connectivity index is 1.89. The van der Waals surface area contributed by atoms with Crippen LogP contribution in [0.1, 0.15) is 32.3 Å². The van der Waals surface area contributed by atoms with Crippen molar-refractivity contribution in [2.75, 3.05) is 30.8 Å². The Labute approximate surface area is 236 Å². The Bertz CT molecular complexity index is 1360. The van der Waals surface area contributed by atoms with Crippen LogP contribution in [-0.2, 0) is 26.2 Å². The molecule has 0 saturated heterocycles. The zero-order valence-electron chi connectivity index (χ0n) is 23.4. The Morgan fingerprint density at radius 3 is 2.15 bits per heavy atom. The number of carbonyl (C=O) groups excluding carboxylic acids is 2. The van der Waals surface area contributed by atoms with Crippen LogP contribution in [0.25, 0.3) is 0 Å². The van der Waals surface area contributed by atoms with Crippen LogP contribution >= 0.6 is 0 Å². The van der Waals surface area contributed by atoms with Crippen molar-refractivity contribution in [3.05, 3.63) is 84.4 Å². The summed E-state index contributed by atoms with van der Waals surface area (Å²) in [6.07, 6.45) is 2.15. The average molecular weight is 568 g/mol. The molecule has 0 bridgehead atoms. The molecule has 0 aliphatic heterocycles. The van der Waals surface area contributed by atoms with E-state index in [2.05, 4.69) is 5.32 Å². The summed E-state index contributed by atoms with van der Waals surface area (Å²) in [4.78, 5) is 28.3. The fraction of sp³-hybridized carbons (Fsp3) is 0.333. The Kier molecular flexibility index (Phi) is 11.0. The third kappa shape index (κ3) is 8.47. The smallest absolute Gasteiger partial charge is 0.244 e. The fourth-order valence-electron chi connectivity index (χ4n) is 4.17. The Morgan fingerprint density at radius 1 is 0.900 bits per heavy atom. The molecule has 0 heterocycles. The topological polar surface area (TPSA) is 105 Å². The standard InChI is InChI=1S/C30H37N3O6S/c1-5-19-31-30(35)28(6-2)32(21-23-11-10-14-27(20-23)38-3)29(34)22-33(40(4,36)37)24-15-17-26(18-16-24)39-25-12-8-7-9-13-25/h7-18,20,28H,5-6,19,21-22H2,1-4H3,(H,31,35)/t28-/m1/s1. The number of methoxy groups -OCH3 is 1. The summed E-state index contributed by atoms with van der Waals surface area (Å²) in [6, 6.07) is 22.1. The first-order valence-corrected chi connectivity index (χ1v) is 15.0. The highest BCUT2D eigenvalue weighted by atomic mass is 32.2. The van der Waals surface area contributed by atoms with Gasteiger partial charge in [0.15, 0.2) is 0 Å². The molecule has 1 N–H and O–H groups in total. The van der Waals surface area contributed by atoms with E-state index in [9.17, 15) is 18.0 Å². The third-order valence-electron chi connectivity index (χ3n) is 6.21. The van der Waals surface area contributed by atoms with Crippen LogP contribution in [0.5, 0.6) is 17.2 Å². The number of sulfonamides is 1. The largest absolute Gasteiger partial charge is 0.497 e. The SMILES string of the molecule is CCCNC(=O)[C@@H](CC)N(Cc1cccc(OC)c1)C(=O)CN(c1ccc(Oc2ccccc2)cc1)S(C)(=O)=O. The number of hydrogen-bond acceptors (Lipinski definition) is 6. The molecular weight excluding hydrogens is 530 g/mol. The minimum absolute atomic E-state index is 0.107. The lowest BCUT2D eigenvalue weighted by molar-refractivity contribution is -0.140. The average Bonchev–Trinajstić information content (AvgIpc) is 2.95. The van der Waals surface area contributed by atoms with Gasteiger partial charge in [-0.05, 0) is 66.9 Å². The van der Waals surface area contributed by atoms with E-state index in [1.807, 2.05) is 50.2 Å². The number of nitrogens with zero attached hydrogens (tertiary/aromatic N) is 2. The van der Waals surface area contributed by atoms with E-state index in [0.29, 0.717) is 35.9 Å². The molecule has 3 rings (SSSR count). The fourth-order valence-corrected chi connectivity index (χ4v) is 5.02. The lowest BCUT2D eigenvalue weighted by Gasteiger charge is -2.33. The molecule has 0 saturated carbocycles. The van der Waals surface area contributed by atoms with Gasteiger partial charge in [-0.1, -0.05) is 44.2 Å². The summed E-state index contributed by atoms with van der Waals surface area (Å²) in [6.45, 7) is 3.88. The number of benzene rings is 3. The van der Waals surface area contributed by atoms with Gasteiger partial charge in [-0.3, -0.25) is 13.9 Å². The van der Waals surface area contributed by atoms with E-state index in [0.717, 1.165) is 22.5 Å². The Morgan fingerprint density at radius 2 is 1.55 bits per heavy atom. The number of ether oxygens (including phenoxy) is 2. The first-order chi connectivity index (χ1) is 19.2. The lowest BCUT2D eigenvalue weighted by atomic mass is 10.1. The molecular formula is C30H37N3O6S. The molecule has 0 aliphatic carbocycles. The van der Waals surface area contributed by atoms with Crippen LogP contribution in [0.3, 0.4) is 0 Å². The van der Waals surface area contributed by atoms with Crippen molar-refractivity contribution in [2.24, 2.45) is 0 Å². The van der Waals surface area contributed by atoms with Crippen molar-refractivity contribution in [3.8, 4) is 17.2 Å². The molecule has 0 unspecified atom stereocenters. The maximum atomic E-state index is 13.8. The van der Waals surface area contributed by atoms with Crippen molar-refractivity contribution < 1.29 is 27.5 Å². The van der Waals surface area contributed by atoms with E-state index in [4.69, 9.17) is 9.47 Å². The minimum atomic E-state index is -3.84. The van der Waals surface area contributed by atoms with Crippen molar-refractivity contribution in [1.29, 1.82) is 0 Å². The second-order valence-electron chi connectivity index (χ2n) is 9.27. The maximum Gasteiger partial charge on any atom is 0.244 e. The number of anilines is 1. The molecule has 2 amide bonds. The quantitative estimate of drug-likeness (QED) is 0.306. The molecule has 9 nitrogen and oxygen atoms in total. The van der Waals surface area contributed by atoms with Gasteiger partial charge in [-0.15, -0.1) is 0 Å². The van der Waals surface area contributed by atoms with Gasteiger partial charge >= 0.3 is 0 Å². The van der Waals surface area contributed by atoms with Gasteiger partial charge in [0.25, 0.3) is 0 Å². The zero-order chi connectivity index (χ0) is 29.1. The molecule has 0 radical (unpaired) electrons. The van der Waals surface area contributed by atoms with Crippen LogP contribution in [0.2, 0.25) is 0 Å². The van der Waals surface area contributed by atoms with Gasteiger partial charge < -0.3 is 19.7 Å². The van der Waals surface area contributed by atoms with E-state index >= 15 is 0 Å². The molecule has 214 valence electrons. The summed E-state index contributed by atoms with van der Waals surface area (Å²) >= 11 is 0. The molecule has 10 heteroatoms. The van der Waals surface area contributed by atoms with Crippen molar-refractivity contribution >= 4 is 27.5 Å². The number of amides is 2. The maximum absolute atomic E-state index is 13.8. The van der Waals surface area contributed by atoms with Crippen LogP contribution < -0.4 is 19.1 Å². The molecule has 40 heavy (non-hydrogen) atoms. The number of nitrogens with one attached hydrogen (secondary N) is 1. The normalized spacial score (nSPS) is 11.8. The summed E-state index contributed by atoms with van der Waals surface area (Å²) in [5, 5.41) is 2.87. The van der Waals surface area contributed by atoms with Gasteiger partial charge in [0.1, 0.15) is 29.8 Å². The van der Waals surface area contributed by atoms with E-state index in [1.54, 1.807) is 49.6 Å². The number of rotatable bonds is 14. The highest BCUT2D eigenvalue weighted by Gasteiger charge is 2.31. The van der Waals surface area contributed by atoms with Gasteiger partial charge in [0.05, 0.1) is 19.1 Å². The third-order valence-corrected chi connectivity index (χ3v) is 7.35. The summed E-state index contributed by atoms with van der Waals surface area (Å²) in [5.74, 6) is 0.993. The minimum Gasteiger partial charge on any atom is -0.497 e. The number of carbonyl (C=O) groups is 2. The molecule has 3 aromatic rings. The van der Waals surface area contributed by atoms with E-state index in [1.165, 1.54) is 4.90 Å². The second kappa shape index (κ2) is 14.4. The summed E-state index contributed by atoms with van der Waals surface area (Å²) in [5.41, 5.74) is 1.06. The molecule has 0 aromatic heterocycles. The molecule has 0 fully saturated rings. The van der Waals surface area contributed by atoms with Crippen molar-refractivity contribution in [3.63, 3.8) is 0 Å². The predicted octanol–water partition coefficient (Wildman–Crippen LogP) is 4.59. The first-order valence-electron chi connectivity index (χ1n) is 13.2. The van der Waals surface area contributed by atoms with E-state index < -0.39 is 28.5 Å². The van der Waals surface area contributed by atoms with E-state index in [-0.39, 0.29) is 12.5 Å². The van der Waals surface area contributed by atoms with Crippen LogP contribution in [0.15, 0.2) is 78.9 Å². The van der Waals surface area contributed by atoms with Gasteiger partial charge in [0, 0.05) is 13.1 Å². The monoisotopic (exact) mass is 567 g/mol. The number of para-hydroxylation sites is 1. The van der Waals surface area contributed by atoms with Gasteiger partial charge in [0.2, 0.25) is 21.8 Å². The first kappa shape index (κ1) is 30.5. The van der Waals surface area contributed by atoms with Crippen LogP contribution in [0.4, 0.5) is 5.69 Å².